The Balaban J connectivity index is 1.06. The number of amides is 4. The Morgan fingerprint density at radius 3 is 2.49 bits per heavy atom. The number of nitrogens with one attached hydrogen (secondary N) is 3. The molecule has 5 atom stereocenters. The number of nitrogens with zero attached hydrogens (tertiary/aromatic N) is 5. The minimum absolute atomic E-state index is 0.00803. The number of sulfonamides is 1. The van der Waals surface area contributed by atoms with Crippen LogP contribution in [0.1, 0.15) is 74.0 Å². The van der Waals surface area contributed by atoms with Gasteiger partial charge in [-0.25, -0.2) is 23.4 Å². The first-order valence-electron chi connectivity index (χ1n) is 19.9. The van der Waals surface area contributed by atoms with Gasteiger partial charge < -0.3 is 24.8 Å². The van der Waals surface area contributed by atoms with Crippen LogP contribution in [0.2, 0.25) is 0 Å². The summed E-state index contributed by atoms with van der Waals surface area (Å²) in [5.74, 6) is -2.95. The first-order chi connectivity index (χ1) is 28.5. The van der Waals surface area contributed by atoms with E-state index < -0.39 is 68.5 Å². The fourth-order valence-electron chi connectivity index (χ4n) is 7.88. The monoisotopic (exact) mass is 838 g/mol. The van der Waals surface area contributed by atoms with Crippen molar-refractivity contribution >= 4 is 66.2 Å². The largest absolute Gasteiger partial charge is 0.471 e. The van der Waals surface area contributed by atoms with Gasteiger partial charge in [-0.15, -0.1) is 11.3 Å². The van der Waals surface area contributed by atoms with Crippen LogP contribution >= 0.6 is 11.3 Å². The number of benzene rings is 2. The molecular formula is C41H42N8O8S2. The maximum absolute atomic E-state index is 14.7. The number of aryl methyl sites for hydroxylation is 1. The SMILES string of the molecule is Cc1cc(C(=O)N[C@H]2CCCCC/C=C\[C@@H]3C[C@@]3(C(=O)NS(=O)(=O)C3CC3)NC(=O)[C@@H]3C[C@@H](Oc4nc5ccccc5nc4-c4nc5ccccc5s4)CN3C2=O)on1. The van der Waals surface area contributed by atoms with Crippen LogP contribution in [0.4, 0.5) is 0 Å². The Kier molecular flexibility index (Phi) is 10.1. The molecule has 3 fully saturated rings. The van der Waals surface area contributed by atoms with Crippen LogP contribution in [0.25, 0.3) is 32.0 Å². The molecule has 18 heteroatoms. The van der Waals surface area contributed by atoms with E-state index in [1.165, 1.54) is 22.3 Å². The maximum atomic E-state index is 14.7. The summed E-state index contributed by atoms with van der Waals surface area (Å²) in [5, 5.41) is 9.45. The minimum atomic E-state index is -3.92. The highest BCUT2D eigenvalue weighted by molar-refractivity contribution is 7.91. The summed E-state index contributed by atoms with van der Waals surface area (Å²) < 4.78 is 40.9. The molecule has 2 saturated carbocycles. The van der Waals surface area contributed by atoms with Crippen LogP contribution in [-0.2, 0) is 24.4 Å². The second-order valence-electron chi connectivity index (χ2n) is 15.7. The van der Waals surface area contributed by atoms with Crippen molar-refractivity contribution in [2.45, 2.75) is 93.7 Å². The van der Waals surface area contributed by atoms with Gasteiger partial charge in [-0.05, 0) is 69.7 Å². The Hall–Kier alpha value is -5.75. The summed E-state index contributed by atoms with van der Waals surface area (Å²) in [7, 11) is -3.92. The van der Waals surface area contributed by atoms with Gasteiger partial charge in [0.05, 0.1) is 38.7 Å². The van der Waals surface area contributed by atoms with Crippen LogP contribution in [0, 0.1) is 12.8 Å². The van der Waals surface area contributed by atoms with Gasteiger partial charge in [0.1, 0.15) is 28.7 Å². The second-order valence-corrected chi connectivity index (χ2v) is 18.7. The van der Waals surface area contributed by atoms with Crippen LogP contribution in [0.3, 0.4) is 0 Å². The van der Waals surface area contributed by atoms with E-state index in [2.05, 4.69) is 20.5 Å². The molecule has 3 N–H and O–H groups in total. The molecule has 9 rings (SSSR count). The van der Waals surface area contributed by atoms with E-state index in [0.29, 0.717) is 53.1 Å². The smallest absolute Gasteiger partial charge is 0.290 e. The van der Waals surface area contributed by atoms with Gasteiger partial charge in [0.2, 0.25) is 33.5 Å². The minimum Gasteiger partial charge on any atom is -0.471 e. The lowest BCUT2D eigenvalue weighted by Gasteiger charge is -2.29. The summed E-state index contributed by atoms with van der Waals surface area (Å²) in [5.41, 5.74) is 1.34. The number of aromatic nitrogens is 4. The van der Waals surface area contributed by atoms with E-state index in [1.807, 2.05) is 60.7 Å². The van der Waals surface area contributed by atoms with Gasteiger partial charge in [0.25, 0.3) is 11.8 Å². The number of thiazole rings is 1. The van der Waals surface area contributed by atoms with E-state index in [-0.39, 0.29) is 37.4 Å². The van der Waals surface area contributed by atoms with E-state index in [4.69, 9.17) is 24.2 Å². The fraction of sp³-hybridized carbons (Fsp3) is 0.415. The molecule has 5 aromatic rings. The molecule has 3 aromatic heterocycles. The molecule has 1 saturated heterocycles. The Bertz CT molecular complexity index is 2590. The van der Waals surface area contributed by atoms with Crippen LogP contribution in [0.15, 0.2) is 71.3 Å². The molecule has 16 nitrogen and oxygen atoms in total. The Morgan fingerprint density at radius 1 is 0.983 bits per heavy atom. The number of hydrogen-bond donors (Lipinski definition) is 3. The van der Waals surface area contributed by atoms with Crippen molar-refractivity contribution in [3.05, 3.63) is 78.2 Å². The van der Waals surface area contributed by atoms with Crippen molar-refractivity contribution in [3.8, 4) is 16.6 Å². The third kappa shape index (κ3) is 7.90. The number of allylic oxidation sites excluding steroid dienone is 1. The molecule has 5 heterocycles. The van der Waals surface area contributed by atoms with Crippen LogP contribution < -0.4 is 20.1 Å². The summed E-state index contributed by atoms with van der Waals surface area (Å²) in [6.45, 7) is 1.61. The highest BCUT2D eigenvalue weighted by atomic mass is 32.2. The maximum Gasteiger partial charge on any atom is 0.290 e. The Labute approximate surface area is 343 Å². The van der Waals surface area contributed by atoms with Gasteiger partial charge in [0.15, 0.2) is 5.69 Å². The second kappa shape index (κ2) is 15.4. The van der Waals surface area contributed by atoms with Crippen LogP contribution in [0.5, 0.6) is 5.88 Å². The van der Waals surface area contributed by atoms with E-state index >= 15 is 0 Å². The molecular weight excluding hydrogens is 797 g/mol. The number of hydrogen-bond acceptors (Lipinski definition) is 13. The predicted molar refractivity (Wildman–Crippen MR) is 216 cm³/mol. The van der Waals surface area contributed by atoms with Crippen molar-refractivity contribution in [1.29, 1.82) is 0 Å². The number of fused-ring (bicyclic) bond motifs is 4. The summed E-state index contributed by atoms with van der Waals surface area (Å²) in [6.07, 6.45) is 7.17. The molecule has 306 valence electrons. The lowest BCUT2D eigenvalue weighted by atomic mass is 10.0. The van der Waals surface area contributed by atoms with Gasteiger partial charge >= 0.3 is 0 Å². The standard InChI is InChI=1S/C41H42N8O8S2/c1-23-19-32(57-47-23)36(51)43-30-15-6-4-2-3-5-11-24-21-41(24,40(53)48-59(54,55)26-17-18-26)46-35(50)31-20-25(22-49(31)39(30)52)56-37-34(42-27-12-7-8-13-28(27)44-37)38-45-29-14-9-10-16-33(29)58-38/h5,7-14,16,19,24-26,30-31H,2-4,6,15,17-18,20-22H2,1H3,(H,43,51)(H,46,50)(H,48,53)/b11-5-/t24-,25-,30+,31+,41-/m1/s1. The summed E-state index contributed by atoms with van der Waals surface area (Å²) >= 11 is 1.43. The zero-order valence-electron chi connectivity index (χ0n) is 32.1. The Morgan fingerprint density at radius 2 is 1.75 bits per heavy atom. The number of carbonyl (C=O) groups is 4. The van der Waals surface area contributed by atoms with E-state index in [1.54, 1.807) is 6.92 Å². The number of ether oxygens (including phenoxy) is 1. The molecule has 4 amide bonds. The third-order valence-corrected chi connectivity index (χ3v) is 14.2. The normalized spacial score (nSPS) is 25.6. The molecule has 0 spiro atoms. The zero-order valence-corrected chi connectivity index (χ0v) is 33.8. The molecule has 0 unspecified atom stereocenters. The average molecular weight is 839 g/mol. The summed E-state index contributed by atoms with van der Waals surface area (Å²) in [4.78, 5) is 72.5. The van der Waals surface area contributed by atoms with E-state index in [0.717, 1.165) is 23.1 Å². The lowest BCUT2D eigenvalue weighted by molar-refractivity contribution is -0.141. The number of para-hydroxylation sites is 3. The van der Waals surface area contributed by atoms with Crippen molar-refractivity contribution < 1.29 is 36.9 Å². The van der Waals surface area contributed by atoms with Crippen molar-refractivity contribution in [3.63, 3.8) is 0 Å². The predicted octanol–water partition coefficient (Wildman–Crippen LogP) is 4.35. The first-order valence-corrected chi connectivity index (χ1v) is 22.2. The van der Waals surface area contributed by atoms with Crippen molar-refractivity contribution in [2.75, 3.05) is 6.54 Å². The highest BCUT2D eigenvalue weighted by Gasteiger charge is 2.62. The molecule has 2 aliphatic carbocycles. The average Bonchev–Trinajstić information content (AvgIpc) is 4.04. The third-order valence-electron chi connectivity index (χ3n) is 11.3. The fourth-order valence-corrected chi connectivity index (χ4v) is 10.2. The molecule has 59 heavy (non-hydrogen) atoms. The lowest BCUT2D eigenvalue weighted by Crippen LogP contribution is -2.58. The van der Waals surface area contributed by atoms with E-state index in [9.17, 15) is 27.6 Å². The van der Waals surface area contributed by atoms with Crippen molar-refractivity contribution in [2.24, 2.45) is 5.92 Å². The topological polar surface area (TPSA) is 216 Å². The highest BCUT2D eigenvalue weighted by Crippen LogP contribution is 2.46. The van der Waals surface area contributed by atoms with Gasteiger partial charge in [-0.1, -0.05) is 54.4 Å². The van der Waals surface area contributed by atoms with Gasteiger partial charge in [0, 0.05) is 18.4 Å². The van der Waals surface area contributed by atoms with Crippen molar-refractivity contribution in [1.82, 2.24) is 40.4 Å². The van der Waals surface area contributed by atoms with Gasteiger partial charge in [-0.2, -0.15) is 0 Å². The number of carbonyl (C=O) groups excluding carboxylic acids is 4. The molecule has 0 bridgehead atoms. The van der Waals surface area contributed by atoms with Crippen LogP contribution in [-0.4, -0.2) is 92.6 Å². The zero-order chi connectivity index (χ0) is 40.9. The summed E-state index contributed by atoms with van der Waals surface area (Å²) in [6, 6.07) is 14.3. The quantitative estimate of drug-likeness (QED) is 0.186. The molecule has 2 aromatic carbocycles. The molecule has 2 aliphatic heterocycles. The first kappa shape index (κ1) is 38.8. The molecule has 4 aliphatic rings. The molecule has 0 radical (unpaired) electrons. The number of rotatable bonds is 8. The van der Waals surface area contributed by atoms with Gasteiger partial charge in [-0.3, -0.25) is 23.9 Å².